The van der Waals surface area contributed by atoms with Crippen molar-refractivity contribution in [2.75, 3.05) is 0 Å². The molecule has 16 unspecified atom stereocenters. The predicted molar refractivity (Wildman–Crippen MR) is 188 cm³/mol. The van der Waals surface area contributed by atoms with Crippen LogP contribution in [0.2, 0.25) is 0 Å². The van der Waals surface area contributed by atoms with Crippen molar-refractivity contribution in [3.05, 3.63) is 35.2 Å². The molecule has 1 aromatic heterocycles. The van der Waals surface area contributed by atoms with E-state index >= 15 is 0 Å². The number of nitrogens with one attached hydrogen (secondary N) is 8. The molecule has 5 saturated heterocycles. The van der Waals surface area contributed by atoms with Gasteiger partial charge in [0.2, 0.25) is 0 Å². The molecule has 4 aliphatic carbocycles. The molecule has 0 amide bonds. The van der Waals surface area contributed by atoms with Gasteiger partial charge >= 0.3 is 0 Å². The molecule has 49 heavy (non-hydrogen) atoms. The Kier molecular flexibility index (Phi) is 9.43. The fraction of sp³-hybridized carbons (Fsp3) is 0.816. The van der Waals surface area contributed by atoms with Crippen LogP contribution in [-0.4, -0.2) is 59.1 Å². The summed E-state index contributed by atoms with van der Waals surface area (Å²) in [5.41, 5.74) is 3.65. The zero-order chi connectivity index (χ0) is 31.9. The Morgan fingerprint density at radius 1 is 0.551 bits per heavy atom. The molecular weight excluding hydrogens is 660 g/mol. The van der Waals surface area contributed by atoms with Crippen molar-refractivity contribution in [1.82, 2.24) is 52.3 Å². The van der Waals surface area contributed by atoms with Crippen LogP contribution in [0.3, 0.4) is 0 Å². The van der Waals surface area contributed by atoms with E-state index in [0.717, 1.165) is 12.1 Å². The summed E-state index contributed by atoms with van der Waals surface area (Å²) < 4.78 is 2.08. The topological polar surface area (TPSA) is 114 Å². The number of hydrogen-bond acceptors (Lipinski definition) is 9. The quantitative estimate of drug-likeness (QED) is 0.207. The summed E-state index contributed by atoms with van der Waals surface area (Å²) in [5, 5.41) is 38.6. The van der Waals surface area contributed by atoms with Gasteiger partial charge in [-0.2, -0.15) is 5.10 Å². The van der Waals surface area contributed by atoms with Crippen LogP contribution in [0.5, 0.6) is 0 Å². The van der Waals surface area contributed by atoms with Crippen LogP contribution in [0.15, 0.2) is 23.8 Å². The monoisotopic (exact) mass is 719 g/mol. The third kappa shape index (κ3) is 6.06. The molecule has 9 aliphatic rings. The van der Waals surface area contributed by atoms with Gasteiger partial charge in [0.1, 0.15) is 0 Å². The molecule has 16 atom stereocenters. The van der Waals surface area contributed by atoms with E-state index in [-0.39, 0.29) is 29.4 Å². The molecule has 1 radical (unpaired) electrons. The van der Waals surface area contributed by atoms with Crippen LogP contribution in [-0.2, 0) is 17.1 Å². The van der Waals surface area contributed by atoms with Gasteiger partial charge in [0.25, 0.3) is 0 Å². The maximum absolute atomic E-state index is 4.77. The van der Waals surface area contributed by atoms with Gasteiger partial charge in [-0.05, 0) is 106 Å². The molecule has 11 heteroatoms. The molecule has 1 aromatic rings. The number of fused-ring (bicyclic) bond motifs is 20. The molecule has 5 aliphatic heterocycles. The molecule has 10 rings (SSSR count). The maximum Gasteiger partial charge on any atom is 0.0664 e. The average Bonchev–Trinajstić information content (AvgIpc) is 3.89. The first-order valence-electron chi connectivity index (χ1n) is 20.1. The van der Waals surface area contributed by atoms with Crippen molar-refractivity contribution in [2.24, 2.45) is 47.3 Å². The van der Waals surface area contributed by atoms with Crippen molar-refractivity contribution < 1.29 is 17.1 Å². The van der Waals surface area contributed by atoms with Crippen molar-refractivity contribution >= 4 is 6.20 Å². The Hall–Kier alpha value is -1.11. The summed E-state index contributed by atoms with van der Waals surface area (Å²) >= 11 is 0. The zero-order valence-corrected chi connectivity index (χ0v) is 30.4. The largest absolute Gasteiger partial charge is 0.286 e. The van der Waals surface area contributed by atoms with E-state index in [0.29, 0.717) is 84.3 Å². The van der Waals surface area contributed by atoms with Gasteiger partial charge in [-0.1, -0.05) is 50.7 Å². The van der Waals surface area contributed by atoms with Crippen molar-refractivity contribution in [1.29, 1.82) is 0 Å². The first kappa shape index (κ1) is 33.7. The summed E-state index contributed by atoms with van der Waals surface area (Å²) in [6.45, 7) is 4.25. The fourth-order valence-corrected chi connectivity index (χ4v) is 12.5. The van der Waals surface area contributed by atoms with Crippen LogP contribution in [0.25, 0.3) is 6.20 Å². The first-order chi connectivity index (χ1) is 23.6. The van der Waals surface area contributed by atoms with Gasteiger partial charge in [-0.3, -0.25) is 42.5 Å². The molecule has 0 aromatic carbocycles. The first-order valence-corrected chi connectivity index (χ1v) is 20.1. The minimum Gasteiger partial charge on any atom is -0.286 e. The standard InChI is InChI=1S/C38H60N10.Cu/c1-20-17-21(2)48(47-20)19-22-15-16-29-30(18-22)38-45-36-28-14-8-7-13-27(28)34(43-36)41-32-24-10-4-3-9-23(24)31(39-32)40-33-25-11-5-6-12-26(25)35(42-33)44-37(29)46-38;/h15-17,19,23-46H,3-14,18H2,1-2H3;. The van der Waals surface area contributed by atoms with Crippen molar-refractivity contribution in [3.8, 4) is 0 Å². The number of aromatic nitrogens is 2. The van der Waals surface area contributed by atoms with Gasteiger partial charge in [-0.15, -0.1) is 0 Å². The molecule has 8 bridgehead atoms. The van der Waals surface area contributed by atoms with Crippen molar-refractivity contribution in [3.63, 3.8) is 0 Å². The number of aryl methyl sites for hydroxylation is 2. The Morgan fingerprint density at radius 3 is 1.29 bits per heavy atom. The van der Waals surface area contributed by atoms with Crippen LogP contribution >= 0.6 is 0 Å². The molecule has 3 saturated carbocycles. The Morgan fingerprint density at radius 2 is 0.918 bits per heavy atom. The maximum atomic E-state index is 4.77. The summed E-state index contributed by atoms with van der Waals surface area (Å²) in [4.78, 5) is 0. The number of nitrogens with zero attached hydrogens (tertiary/aromatic N) is 2. The van der Waals surface area contributed by atoms with Crippen molar-refractivity contribution in [2.45, 2.75) is 147 Å². The van der Waals surface area contributed by atoms with Crippen LogP contribution in [0.4, 0.5) is 0 Å². The van der Waals surface area contributed by atoms with Crippen LogP contribution in [0, 0.1) is 61.2 Å². The Labute approximate surface area is 303 Å². The molecule has 273 valence electrons. The number of allylic oxidation sites excluding steroid dienone is 2. The van der Waals surface area contributed by atoms with E-state index in [2.05, 4.69) is 85.5 Å². The summed E-state index contributed by atoms with van der Waals surface area (Å²) in [6, 6.07) is 2.17. The summed E-state index contributed by atoms with van der Waals surface area (Å²) in [6.07, 6.45) is 27.0. The van der Waals surface area contributed by atoms with Gasteiger partial charge < -0.3 is 0 Å². The van der Waals surface area contributed by atoms with Crippen LogP contribution in [0.1, 0.15) is 94.9 Å². The SMILES string of the molecule is Cc1cc(C)n(C=C2C=CC3C4NC(NC5NC(NC6NC(NC7NC(N4)C4CCCCC74)C4CCCCC64)C4CCCCC54)C3C2)n1.[Cu]. The third-order valence-electron chi connectivity index (χ3n) is 14.7. The summed E-state index contributed by atoms with van der Waals surface area (Å²) in [7, 11) is 0. The van der Waals surface area contributed by atoms with E-state index in [1.54, 1.807) is 0 Å². The molecule has 10 nitrogen and oxygen atoms in total. The van der Waals surface area contributed by atoms with Gasteiger partial charge in [-0.25, -0.2) is 4.68 Å². The Balaban J connectivity index is 0.00000325. The minimum atomic E-state index is 0. The zero-order valence-electron chi connectivity index (χ0n) is 29.4. The molecule has 8 N–H and O–H groups in total. The normalized spacial score (nSPS) is 49.6. The van der Waals surface area contributed by atoms with Gasteiger partial charge in [0.15, 0.2) is 0 Å². The third-order valence-corrected chi connectivity index (χ3v) is 14.7. The number of hydrogen-bond donors (Lipinski definition) is 8. The molecule has 0 spiro atoms. The van der Waals surface area contributed by atoms with Crippen LogP contribution < -0.4 is 42.5 Å². The second-order valence-corrected chi connectivity index (χ2v) is 17.4. The predicted octanol–water partition coefficient (Wildman–Crippen LogP) is 3.34. The molecule has 6 heterocycles. The average molecular weight is 721 g/mol. The fourth-order valence-electron chi connectivity index (χ4n) is 12.5. The Bertz CT molecular complexity index is 1410. The van der Waals surface area contributed by atoms with Gasteiger partial charge in [0, 0.05) is 40.8 Å². The van der Waals surface area contributed by atoms with E-state index in [4.69, 9.17) is 5.10 Å². The van der Waals surface area contributed by atoms with Gasteiger partial charge in [0.05, 0.1) is 55.0 Å². The number of rotatable bonds is 1. The summed E-state index contributed by atoms with van der Waals surface area (Å²) in [5.74, 6) is 5.04. The molecule has 8 fully saturated rings. The minimum absolute atomic E-state index is 0. The second kappa shape index (κ2) is 13.7. The van der Waals surface area contributed by atoms with E-state index in [9.17, 15) is 0 Å². The van der Waals surface area contributed by atoms with E-state index in [1.807, 2.05) is 0 Å². The van der Waals surface area contributed by atoms with E-state index < -0.39 is 0 Å². The van der Waals surface area contributed by atoms with E-state index in [1.165, 1.54) is 88.3 Å². The molecular formula is C38H60CuN10. The smallest absolute Gasteiger partial charge is 0.0664 e. The second-order valence-electron chi connectivity index (χ2n) is 17.4.